The SMILES string of the molecule is CCC(=O)N1CCCC1(Cc1ccccc1-c1ccccc1F)C(=O)N(C)C. The Labute approximate surface area is 166 Å². The third kappa shape index (κ3) is 3.53. The van der Waals surface area contributed by atoms with Gasteiger partial charge >= 0.3 is 0 Å². The number of carbonyl (C=O) groups excluding carboxylic acids is 2. The second-order valence-electron chi connectivity index (χ2n) is 7.55. The van der Waals surface area contributed by atoms with E-state index in [2.05, 4.69) is 0 Å². The molecule has 3 rings (SSSR count). The van der Waals surface area contributed by atoms with Crippen LogP contribution in [0.15, 0.2) is 48.5 Å². The maximum atomic E-state index is 14.5. The summed E-state index contributed by atoms with van der Waals surface area (Å²) in [6.45, 7) is 2.40. The van der Waals surface area contributed by atoms with Crippen molar-refractivity contribution >= 4 is 11.8 Å². The topological polar surface area (TPSA) is 40.6 Å². The highest BCUT2D eigenvalue weighted by atomic mass is 19.1. The van der Waals surface area contributed by atoms with Gasteiger partial charge in [-0.15, -0.1) is 0 Å². The third-order valence-electron chi connectivity index (χ3n) is 5.56. The van der Waals surface area contributed by atoms with Gasteiger partial charge in [0.05, 0.1) is 0 Å². The molecule has 1 atom stereocenters. The molecule has 4 nitrogen and oxygen atoms in total. The number of hydrogen-bond acceptors (Lipinski definition) is 2. The summed E-state index contributed by atoms with van der Waals surface area (Å²) in [7, 11) is 3.44. The summed E-state index contributed by atoms with van der Waals surface area (Å²) < 4.78 is 14.5. The van der Waals surface area contributed by atoms with Gasteiger partial charge in [0.2, 0.25) is 11.8 Å². The zero-order valence-electron chi connectivity index (χ0n) is 16.7. The summed E-state index contributed by atoms with van der Waals surface area (Å²) in [5.41, 5.74) is 1.23. The molecule has 1 heterocycles. The number of nitrogens with zero attached hydrogens (tertiary/aromatic N) is 2. The highest BCUT2D eigenvalue weighted by Crippen LogP contribution is 2.37. The van der Waals surface area contributed by atoms with Gasteiger partial charge in [-0.25, -0.2) is 4.39 Å². The third-order valence-corrected chi connectivity index (χ3v) is 5.56. The Hall–Kier alpha value is -2.69. The van der Waals surface area contributed by atoms with Crippen LogP contribution < -0.4 is 0 Å². The average molecular weight is 382 g/mol. The summed E-state index contributed by atoms with van der Waals surface area (Å²) in [5.74, 6) is -0.387. The van der Waals surface area contributed by atoms with Gasteiger partial charge in [0.15, 0.2) is 0 Å². The maximum absolute atomic E-state index is 14.5. The lowest BCUT2D eigenvalue weighted by Crippen LogP contribution is -2.58. The summed E-state index contributed by atoms with van der Waals surface area (Å²) in [6, 6.07) is 14.2. The van der Waals surface area contributed by atoms with Crippen molar-refractivity contribution in [2.24, 2.45) is 0 Å². The quantitative estimate of drug-likeness (QED) is 0.787. The lowest BCUT2D eigenvalue weighted by molar-refractivity contribution is -0.149. The number of benzene rings is 2. The first-order valence-electron chi connectivity index (χ1n) is 9.75. The van der Waals surface area contributed by atoms with Crippen molar-refractivity contribution in [2.75, 3.05) is 20.6 Å². The highest BCUT2D eigenvalue weighted by Gasteiger charge is 2.50. The van der Waals surface area contributed by atoms with Crippen molar-refractivity contribution < 1.29 is 14.0 Å². The number of likely N-dealkylation sites (N-methyl/N-ethyl adjacent to an activating group) is 1. The number of rotatable bonds is 5. The molecule has 148 valence electrons. The Kier molecular flexibility index (Phi) is 5.82. The zero-order chi connectivity index (χ0) is 20.3. The van der Waals surface area contributed by atoms with Gasteiger partial charge < -0.3 is 9.80 Å². The highest BCUT2D eigenvalue weighted by molar-refractivity contribution is 5.92. The minimum absolute atomic E-state index is 0.0175. The van der Waals surface area contributed by atoms with Crippen LogP contribution in [-0.4, -0.2) is 47.8 Å². The van der Waals surface area contributed by atoms with Crippen LogP contribution in [0.5, 0.6) is 0 Å². The molecule has 2 amide bonds. The summed E-state index contributed by atoms with van der Waals surface area (Å²) in [5, 5.41) is 0. The predicted octanol–water partition coefficient (Wildman–Crippen LogP) is 3.89. The number of carbonyl (C=O) groups is 2. The van der Waals surface area contributed by atoms with E-state index in [4.69, 9.17) is 0 Å². The molecule has 2 aromatic carbocycles. The Balaban J connectivity index is 2.10. The Morgan fingerprint density at radius 3 is 2.36 bits per heavy atom. The minimum atomic E-state index is -0.919. The molecule has 5 heteroatoms. The molecule has 28 heavy (non-hydrogen) atoms. The Bertz CT molecular complexity index is 880. The normalized spacial score (nSPS) is 18.9. The summed E-state index contributed by atoms with van der Waals surface area (Å²) >= 11 is 0. The number of hydrogen-bond donors (Lipinski definition) is 0. The predicted molar refractivity (Wildman–Crippen MR) is 108 cm³/mol. The van der Waals surface area contributed by atoms with Crippen molar-refractivity contribution in [3.8, 4) is 11.1 Å². The fourth-order valence-electron chi connectivity index (χ4n) is 4.26. The molecular formula is C23H27FN2O2. The summed E-state index contributed by atoms with van der Waals surface area (Å²) in [4.78, 5) is 29.2. The lowest BCUT2D eigenvalue weighted by atomic mass is 9.83. The van der Waals surface area contributed by atoms with Crippen molar-refractivity contribution in [1.82, 2.24) is 9.80 Å². The van der Waals surface area contributed by atoms with Crippen LogP contribution in [0.25, 0.3) is 11.1 Å². The Morgan fingerprint density at radius 1 is 1.07 bits per heavy atom. The van der Waals surface area contributed by atoms with Crippen LogP contribution in [-0.2, 0) is 16.0 Å². The molecule has 0 spiro atoms. The second kappa shape index (κ2) is 8.13. The lowest BCUT2D eigenvalue weighted by Gasteiger charge is -2.39. The van der Waals surface area contributed by atoms with E-state index >= 15 is 0 Å². The number of likely N-dealkylation sites (tertiary alicyclic amines) is 1. The van der Waals surface area contributed by atoms with Gasteiger partial charge in [0.25, 0.3) is 0 Å². The van der Waals surface area contributed by atoms with Crippen LogP contribution in [0.4, 0.5) is 4.39 Å². The molecule has 0 saturated carbocycles. The van der Waals surface area contributed by atoms with E-state index in [9.17, 15) is 14.0 Å². The molecule has 0 aromatic heterocycles. The van der Waals surface area contributed by atoms with Crippen LogP contribution in [0, 0.1) is 5.82 Å². The first-order valence-corrected chi connectivity index (χ1v) is 9.75. The van der Waals surface area contributed by atoms with Gasteiger partial charge in [-0.2, -0.15) is 0 Å². The summed E-state index contributed by atoms with van der Waals surface area (Å²) in [6.07, 6.45) is 2.13. The fourth-order valence-corrected chi connectivity index (χ4v) is 4.26. The molecule has 0 aliphatic carbocycles. The molecule has 1 fully saturated rings. The van der Waals surface area contributed by atoms with Crippen molar-refractivity contribution in [3.63, 3.8) is 0 Å². The van der Waals surface area contributed by atoms with Crippen LogP contribution in [0.2, 0.25) is 0 Å². The molecule has 1 unspecified atom stereocenters. The van der Waals surface area contributed by atoms with Gasteiger partial charge in [-0.3, -0.25) is 9.59 Å². The number of amides is 2. The molecule has 2 aromatic rings. The minimum Gasteiger partial charge on any atom is -0.347 e. The monoisotopic (exact) mass is 382 g/mol. The standard InChI is InChI=1S/C23H27FN2O2/c1-4-21(27)26-15-9-14-23(26,22(28)25(2)3)16-17-10-5-6-11-18(17)19-12-7-8-13-20(19)24/h5-8,10-13H,4,9,14-16H2,1-3H3. The van der Waals surface area contributed by atoms with Crippen molar-refractivity contribution in [3.05, 3.63) is 59.9 Å². The van der Waals surface area contributed by atoms with E-state index in [-0.39, 0.29) is 17.6 Å². The van der Waals surface area contributed by atoms with Gasteiger partial charge in [0.1, 0.15) is 11.4 Å². The van der Waals surface area contributed by atoms with Crippen LogP contribution >= 0.6 is 0 Å². The average Bonchev–Trinajstić information content (AvgIpc) is 3.12. The second-order valence-corrected chi connectivity index (χ2v) is 7.55. The van der Waals surface area contributed by atoms with Gasteiger partial charge in [-0.05, 0) is 30.0 Å². The smallest absolute Gasteiger partial charge is 0.248 e. The van der Waals surface area contributed by atoms with Crippen LogP contribution in [0.1, 0.15) is 31.7 Å². The molecule has 1 aliphatic rings. The molecule has 1 aliphatic heterocycles. The molecule has 0 radical (unpaired) electrons. The first kappa shape index (κ1) is 20.1. The molecule has 0 N–H and O–H groups in total. The van der Waals surface area contributed by atoms with Gasteiger partial charge in [-0.1, -0.05) is 49.4 Å². The molecule has 1 saturated heterocycles. The van der Waals surface area contributed by atoms with Crippen molar-refractivity contribution in [1.29, 1.82) is 0 Å². The van der Waals surface area contributed by atoms with E-state index in [1.54, 1.807) is 42.1 Å². The first-order chi connectivity index (χ1) is 13.4. The van der Waals surface area contributed by atoms with Crippen molar-refractivity contribution in [2.45, 2.75) is 38.1 Å². The van der Waals surface area contributed by atoms with E-state index in [0.29, 0.717) is 31.4 Å². The van der Waals surface area contributed by atoms with E-state index in [0.717, 1.165) is 17.5 Å². The van der Waals surface area contributed by atoms with E-state index in [1.807, 2.05) is 31.2 Å². The maximum Gasteiger partial charge on any atom is 0.248 e. The molecule has 0 bridgehead atoms. The number of halogens is 1. The van der Waals surface area contributed by atoms with Gasteiger partial charge in [0, 0.05) is 39.0 Å². The zero-order valence-corrected chi connectivity index (χ0v) is 16.7. The Morgan fingerprint density at radius 2 is 1.71 bits per heavy atom. The van der Waals surface area contributed by atoms with Crippen LogP contribution in [0.3, 0.4) is 0 Å². The largest absolute Gasteiger partial charge is 0.347 e. The molecular weight excluding hydrogens is 355 g/mol. The fraction of sp³-hybridized carbons (Fsp3) is 0.391. The van der Waals surface area contributed by atoms with E-state index in [1.165, 1.54) is 6.07 Å². The van der Waals surface area contributed by atoms with E-state index < -0.39 is 5.54 Å².